The molecule has 0 heterocycles. The first kappa shape index (κ1) is 17.7. The zero-order chi connectivity index (χ0) is 17.5. The van der Waals surface area contributed by atoms with Crippen molar-refractivity contribution >= 4 is 27.0 Å². The van der Waals surface area contributed by atoms with Gasteiger partial charge in [0.25, 0.3) is 5.91 Å². The first-order chi connectivity index (χ1) is 11.6. The summed E-state index contributed by atoms with van der Waals surface area (Å²) in [5.74, 6) is 1.89. The molecule has 0 unspecified atom stereocenters. The topological polar surface area (TPSA) is 37.4 Å². The van der Waals surface area contributed by atoms with Gasteiger partial charge in [-0.05, 0) is 31.2 Å². The lowest BCUT2D eigenvalue weighted by Gasteiger charge is -2.20. The van der Waals surface area contributed by atoms with Crippen molar-refractivity contribution in [2.24, 2.45) is 0 Å². The summed E-state index contributed by atoms with van der Waals surface area (Å²) in [6.45, 7) is 1.60. The smallest absolute Gasteiger partial charge is 0.264 e. The zero-order valence-electron chi connectivity index (χ0n) is 13.7. The van der Waals surface area contributed by atoms with E-state index in [2.05, 4.69) is 5.92 Å². The van der Waals surface area contributed by atoms with Gasteiger partial charge in [-0.15, -0.1) is 16.9 Å². The Morgan fingerprint density at radius 1 is 1.00 bits per heavy atom. The molecule has 0 saturated carbocycles. The molecule has 0 radical (unpaired) electrons. The molecule has 3 nitrogen and oxygen atoms in total. The van der Waals surface area contributed by atoms with Crippen molar-refractivity contribution in [2.75, 3.05) is 13.6 Å². The van der Waals surface area contributed by atoms with Gasteiger partial charge in [-0.3, -0.25) is 9.59 Å². The maximum Gasteiger partial charge on any atom is 0.264 e. The SMILES string of the molecule is C#CCN(C)C(=O)C(C(C)=O)=S(c1ccccc1)c1ccccc1. The molecule has 0 fully saturated rings. The van der Waals surface area contributed by atoms with Crippen LogP contribution in [-0.2, 0) is 9.59 Å². The molecule has 0 N–H and O–H groups in total. The molecule has 0 atom stereocenters. The van der Waals surface area contributed by atoms with E-state index in [9.17, 15) is 9.59 Å². The Bertz CT molecular complexity index is 763. The number of carbonyl (C=O) groups excluding carboxylic acids is 2. The highest BCUT2D eigenvalue weighted by Crippen LogP contribution is 2.37. The number of amides is 1. The van der Waals surface area contributed by atoms with Gasteiger partial charge in [-0.1, -0.05) is 42.3 Å². The van der Waals surface area contributed by atoms with Crippen LogP contribution in [0.5, 0.6) is 0 Å². The van der Waals surface area contributed by atoms with Gasteiger partial charge in [0, 0.05) is 16.8 Å². The van der Waals surface area contributed by atoms with Crippen LogP contribution in [0.15, 0.2) is 70.5 Å². The third-order valence-corrected chi connectivity index (χ3v) is 5.71. The van der Waals surface area contributed by atoms with E-state index in [-0.39, 0.29) is 23.1 Å². The van der Waals surface area contributed by atoms with Crippen LogP contribution in [0.1, 0.15) is 6.92 Å². The van der Waals surface area contributed by atoms with Gasteiger partial charge in [0.1, 0.15) is 4.86 Å². The molecule has 0 saturated heterocycles. The summed E-state index contributed by atoms with van der Waals surface area (Å²) in [6.07, 6.45) is 5.31. The van der Waals surface area contributed by atoms with Gasteiger partial charge in [0.15, 0.2) is 5.78 Å². The van der Waals surface area contributed by atoms with Crippen molar-refractivity contribution < 1.29 is 9.59 Å². The molecule has 0 spiro atoms. The van der Waals surface area contributed by atoms with Crippen molar-refractivity contribution in [3.05, 3.63) is 60.7 Å². The fourth-order valence-corrected chi connectivity index (χ4v) is 4.47. The Hall–Kier alpha value is -2.64. The molecule has 0 aliphatic carbocycles. The number of terminal acetylenes is 1. The fraction of sp³-hybridized carbons (Fsp3) is 0.150. The summed E-state index contributed by atoms with van der Waals surface area (Å²) in [5, 5.41) is 0. The van der Waals surface area contributed by atoms with E-state index in [4.69, 9.17) is 6.42 Å². The van der Waals surface area contributed by atoms with Crippen LogP contribution in [0, 0.1) is 12.3 Å². The predicted molar refractivity (Wildman–Crippen MR) is 99.2 cm³/mol. The quantitative estimate of drug-likeness (QED) is 0.477. The summed E-state index contributed by atoms with van der Waals surface area (Å²) >= 11 is 0. The molecule has 0 bridgehead atoms. The normalized spacial score (nSPS) is 10.1. The van der Waals surface area contributed by atoms with Crippen molar-refractivity contribution in [1.29, 1.82) is 0 Å². The highest BCUT2D eigenvalue weighted by atomic mass is 32.2. The maximum absolute atomic E-state index is 12.8. The lowest BCUT2D eigenvalue weighted by atomic mass is 10.3. The molecule has 24 heavy (non-hydrogen) atoms. The second-order valence-corrected chi connectivity index (χ2v) is 7.15. The molecule has 1 amide bonds. The summed E-state index contributed by atoms with van der Waals surface area (Å²) in [6, 6.07) is 19.2. The first-order valence-corrected chi connectivity index (χ1v) is 8.70. The Kier molecular flexibility index (Phi) is 6.11. The predicted octanol–water partition coefficient (Wildman–Crippen LogP) is 3.23. The minimum absolute atomic E-state index is 0.163. The molecule has 0 aliphatic rings. The molecular weight excluding hydrogens is 318 g/mol. The van der Waals surface area contributed by atoms with Gasteiger partial charge < -0.3 is 4.90 Å². The van der Waals surface area contributed by atoms with Crippen LogP contribution in [0.4, 0.5) is 0 Å². The third-order valence-electron chi connectivity index (χ3n) is 3.35. The Morgan fingerprint density at radius 2 is 1.46 bits per heavy atom. The Labute approximate surface area is 145 Å². The lowest BCUT2D eigenvalue weighted by Crippen LogP contribution is -2.37. The van der Waals surface area contributed by atoms with E-state index in [1.54, 1.807) is 7.05 Å². The Morgan fingerprint density at radius 3 is 1.83 bits per heavy atom. The number of rotatable bonds is 5. The maximum atomic E-state index is 12.8. The average Bonchev–Trinajstić information content (AvgIpc) is 2.60. The van der Waals surface area contributed by atoms with Crippen LogP contribution in [0.2, 0.25) is 0 Å². The van der Waals surface area contributed by atoms with Gasteiger partial charge in [-0.25, -0.2) is 0 Å². The molecule has 0 aliphatic heterocycles. The largest absolute Gasteiger partial charge is 0.330 e. The van der Waals surface area contributed by atoms with E-state index in [1.165, 1.54) is 11.8 Å². The number of hydrogen-bond donors (Lipinski definition) is 0. The summed E-state index contributed by atoms with van der Waals surface area (Å²) in [4.78, 5) is 28.7. The van der Waals surface area contributed by atoms with E-state index in [1.807, 2.05) is 60.7 Å². The monoisotopic (exact) mass is 337 g/mol. The van der Waals surface area contributed by atoms with E-state index in [0.29, 0.717) is 0 Å². The lowest BCUT2D eigenvalue weighted by molar-refractivity contribution is -0.123. The van der Waals surface area contributed by atoms with E-state index in [0.717, 1.165) is 9.79 Å². The average molecular weight is 337 g/mol. The summed E-state index contributed by atoms with van der Waals surface area (Å²) in [7, 11) is 0.848. The molecule has 122 valence electrons. The molecule has 4 heteroatoms. The second kappa shape index (κ2) is 8.28. The van der Waals surface area contributed by atoms with Crippen LogP contribution in [0.25, 0.3) is 0 Å². The standard InChI is InChI=1S/C20H19NO2S/c1-4-15-21(3)20(23)19(16(2)22)24(17-11-7-5-8-12-17)18-13-9-6-10-14-18/h1,5-14H,15H2,2-3H3. The number of nitrogens with zero attached hydrogens (tertiary/aromatic N) is 1. The van der Waals surface area contributed by atoms with Crippen molar-refractivity contribution in [3.8, 4) is 12.3 Å². The third kappa shape index (κ3) is 4.01. The molecule has 2 aromatic rings. The number of Topliss-reactive ketones (excluding diaryl/α,β-unsaturated/α-hetero) is 1. The van der Waals surface area contributed by atoms with Crippen LogP contribution in [-0.4, -0.2) is 35.0 Å². The minimum atomic E-state index is -0.766. The van der Waals surface area contributed by atoms with Crippen molar-refractivity contribution in [2.45, 2.75) is 16.7 Å². The number of carbonyl (C=O) groups is 2. The van der Waals surface area contributed by atoms with E-state index < -0.39 is 10.5 Å². The zero-order valence-corrected chi connectivity index (χ0v) is 14.5. The van der Waals surface area contributed by atoms with Gasteiger partial charge in [-0.2, -0.15) is 0 Å². The highest BCUT2D eigenvalue weighted by molar-refractivity contribution is 8.18. The Balaban J connectivity index is 2.73. The van der Waals surface area contributed by atoms with Crippen molar-refractivity contribution in [3.63, 3.8) is 0 Å². The molecule has 2 aromatic carbocycles. The number of ketones is 1. The van der Waals surface area contributed by atoms with Gasteiger partial charge in [0.2, 0.25) is 0 Å². The number of benzene rings is 2. The van der Waals surface area contributed by atoms with Crippen LogP contribution < -0.4 is 0 Å². The van der Waals surface area contributed by atoms with Gasteiger partial charge in [0.05, 0.1) is 6.54 Å². The van der Waals surface area contributed by atoms with E-state index >= 15 is 0 Å². The van der Waals surface area contributed by atoms with Crippen molar-refractivity contribution in [1.82, 2.24) is 4.90 Å². The minimum Gasteiger partial charge on any atom is -0.330 e. The number of hydrogen-bond acceptors (Lipinski definition) is 2. The summed E-state index contributed by atoms with van der Waals surface area (Å²) < 4.78 is 0. The first-order valence-electron chi connectivity index (χ1n) is 7.47. The van der Waals surface area contributed by atoms with Gasteiger partial charge >= 0.3 is 0 Å². The molecular formula is C20H19NO2S. The summed E-state index contributed by atoms with van der Waals surface area (Å²) in [5.41, 5.74) is 0. The highest BCUT2D eigenvalue weighted by Gasteiger charge is 2.24. The second-order valence-electron chi connectivity index (χ2n) is 5.18. The fourth-order valence-electron chi connectivity index (χ4n) is 2.25. The molecule has 0 aromatic heterocycles. The van der Waals surface area contributed by atoms with Crippen LogP contribution >= 0.6 is 10.5 Å². The molecule has 2 rings (SSSR count). The van der Waals surface area contributed by atoms with Crippen LogP contribution in [0.3, 0.4) is 0 Å².